The average Bonchev–Trinajstić information content (AvgIpc) is 2.73. The smallest absolute Gasteiger partial charge is 0.270 e. The summed E-state index contributed by atoms with van der Waals surface area (Å²) in [6.07, 6.45) is 3.24. The molecule has 7 nitrogen and oxygen atoms in total. The number of hydrogen-bond acceptors (Lipinski definition) is 5. The highest BCUT2D eigenvalue weighted by atomic mass is 16.6. The summed E-state index contributed by atoms with van der Waals surface area (Å²) in [6.45, 7) is 0. The zero-order valence-electron chi connectivity index (χ0n) is 15.1. The number of hydrogen-bond donors (Lipinski definition) is 1. The van der Waals surface area contributed by atoms with Gasteiger partial charge < -0.3 is 5.11 Å². The Morgan fingerprint density at radius 1 is 0.966 bits per heavy atom. The summed E-state index contributed by atoms with van der Waals surface area (Å²) in [5, 5.41) is 21.7. The van der Waals surface area contributed by atoms with Crippen molar-refractivity contribution < 1.29 is 10.0 Å². The SMILES string of the molecule is O=c1c2ccccc2nc(/C=C/c2cccc([N+](=O)[O-])c2)n1-c1ccccc1O. The van der Waals surface area contributed by atoms with Gasteiger partial charge >= 0.3 is 0 Å². The van der Waals surface area contributed by atoms with Crippen molar-refractivity contribution in [3.05, 3.63) is 105 Å². The van der Waals surface area contributed by atoms with E-state index >= 15 is 0 Å². The maximum absolute atomic E-state index is 13.1. The minimum atomic E-state index is -0.469. The van der Waals surface area contributed by atoms with E-state index in [-0.39, 0.29) is 17.0 Å². The third kappa shape index (κ3) is 3.49. The summed E-state index contributed by atoms with van der Waals surface area (Å²) >= 11 is 0. The fourth-order valence-corrected chi connectivity index (χ4v) is 3.06. The predicted molar refractivity (Wildman–Crippen MR) is 111 cm³/mol. The minimum Gasteiger partial charge on any atom is -0.506 e. The first-order chi connectivity index (χ1) is 14.0. The third-order valence-electron chi connectivity index (χ3n) is 4.43. The van der Waals surface area contributed by atoms with Crippen LogP contribution < -0.4 is 5.56 Å². The van der Waals surface area contributed by atoms with Crippen molar-refractivity contribution >= 4 is 28.7 Å². The maximum Gasteiger partial charge on any atom is 0.270 e. The number of non-ortho nitro benzene ring substituents is 1. The van der Waals surface area contributed by atoms with E-state index < -0.39 is 4.92 Å². The molecule has 0 saturated carbocycles. The van der Waals surface area contributed by atoms with Crippen molar-refractivity contribution in [1.29, 1.82) is 0 Å². The van der Waals surface area contributed by atoms with Crippen LogP contribution in [0.25, 0.3) is 28.7 Å². The second-order valence-corrected chi connectivity index (χ2v) is 6.30. The number of nitro groups is 1. The second-order valence-electron chi connectivity index (χ2n) is 6.30. The fraction of sp³-hybridized carbons (Fsp3) is 0. The van der Waals surface area contributed by atoms with Gasteiger partial charge in [0.1, 0.15) is 11.6 Å². The highest BCUT2D eigenvalue weighted by Gasteiger charge is 2.13. The Hall–Kier alpha value is -4.26. The summed E-state index contributed by atoms with van der Waals surface area (Å²) in [7, 11) is 0. The number of benzene rings is 3. The zero-order chi connectivity index (χ0) is 20.4. The molecule has 0 unspecified atom stereocenters. The molecule has 0 spiro atoms. The van der Waals surface area contributed by atoms with Crippen LogP contribution in [-0.4, -0.2) is 19.6 Å². The van der Waals surface area contributed by atoms with Crippen molar-refractivity contribution in [1.82, 2.24) is 9.55 Å². The molecular formula is C22H15N3O4. The monoisotopic (exact) mass is 385 g/mol. The summed E-state index contributed by atoms with van der Waals surface area (Å²) < 4.78 is 1.32. The Kier molecular flexibility index (Phi) is 4.62. The van der Waals surface area contributed by atoms with Gasteiger partial charge in [-0.1, -0.05) is 42.5 Å². The number of phenols is 1. The molecule has 0 amide bonds. The van der Waals surface area contributed by atoms with Gasteiger partial charge in [-0.25, -0.2) is 4.98 Å². The van der Waals surface area contributed by atoms with Crippen molar-refractivity contribution in [3.8, 4) is 11.4 Å². The molecule has 1 heterocycles. The molecular weight excluding hydrogens is 370 g/mol. The van der Waals surface area contributed by atoms with Crippen LogP contribution >= 0.6 is 0 Å². The number of aromatic hydroxyl groups is 1. The molecule has 1 aromatic heterocycles. The number of aromatic nitrogens is 2. The van der Waals surface area contributed by atoms with Gasteiger partial charge in [0.2, 0.25) is 0 Å². The lowest BCUT2D eigenvalue weighted by atomic mass is 10.1. The largest absolute Gasteiger partial charge is 0.506 e. The first-order valence-corrected chi connectivity index (χ1v) is 8.77. The van der Waals surface area contributed by atoms with E-state index in [1.165, 1.54) is 22.8 Å². The summed E-state index contributed by atoms with van der Waals surface area (Å²) in [6, 6.07) is 19.6. The Bertz CT molecular complexity index is 1330. The molecule has 0 aliphatic rings. The standard InChI is InChI=1S/C22H15N3O4/c26-20-11-4-3-10-19(20)24-21(23-18-9-2-1-8-17(18)22(24)27)13-12-15-6-5-7-16(14-15)25(28)29/h1-14,26H/b13-12+. The number of nitrogens with zero attached hydrogens (tertiary/aromatic N) is 3. The van der Waals surface area contributed by atoms with Gasteiger partial charge in [-0.15, -0.1) is 0 Å². The first kappa shape index (κ1) is 18.1. The van der Waals surface area contributed by atoms with Gasteiger partial charge in [0.05, 0.1) is 21.5 Å². The topological polar surface area (TPSA) is 98.3 Å². The molecule has 7 heteroatoms. The molecule has 0 radical (unpaired) electrons. The number of phenolic OH excluding ortho intramolecular Hbond substituents is 1. The molecule has 0 atom stereocenters. The van der Waals surface area contributed by atoms with Crippen LogP contribution in [0.3, 0.4) is 0 Å². The van der Waals surface area contributed by atoms with Crippen molar-refractivity contribution in [2.75, 3.05) is 0 Å². The normalized spacial score (nSPS) is 11.2. The molecule has 3 aromatic carbocycles. The van der Waals surface area contributed by atoms with Gasteiger partial charge in [0, 0.05) is 12.1 Å². The van der Waals surface area contributed by atoms with Gasteiger partial charge in [-0.3, -0.25) is 19.5 Å². The van der Waals surface area contributed by atoms with Crippen LogP contribution in [0.1, 0.15) is 11.4 Å². The molecule has 4 aromatic rings. The highest BCUT2D eigenvalue weighted by Crippen LogP contribution is 2.23. The molecule has 0 fully saturated rings. The van der Waals surface area contributed by atoms with E-state index in [1.807, 2.05) is 0 Å². The highest BCUT2D eigenvalue weighted by molar-refractivity contribution is 5.80. The lowest BCUT2D eigenvalue weighted by Gasteiger charge is -2.12. The van der Waals surface area contributed by atoms with Crippen LogP contribution in [-0.2, 0) is 0 Å². The molecule has 0 bridgehead atoms. The first-order valence-electron chi connectivity index (χ1n) is 8.77. The fourth-order valence-electron chi connectivity index (χ4n) is 3.06. The quantitative estimate of drug-likeness (QED) is 0.420. The Balaban J connectivity index is 1.93. The second kappa shape index (κ2) is 7.40. The summed E-state index contributed by atoms with van der Waals surface area (Å²) in [5.41, 5.74) is 1.05. The van der Waals surface area contributed by atoms with Crippen LogP contribution in [0.2, 0.25) is 0 Å². The summed E-state index contributed by atoms with van der Waals surface area (Å²) in [4.78, 5) is 28.2. The zero-order valence-corrected chi connectivity index (χ0v) is 15.1. The van der Waals surface area contributed by atoms with E-state index in [0.29, 0.717) is 28.0 Å². The van der Waals surface area contributed by atoms with Gasteiger partial charge in [-0.05, 0) is 35.9 Å². The van der Waals surface area contributed by atoms with Crippen LogP contribution in [0, 0.1) is 10.1 Å². The molecule has 29 heavy (non-hydrogen) atoms. The molecule has 142 valence electrons. The Labute approximate surface area is 165 Å². The number of fused-ring (bicyclic) bond motifs is 1. The minimum absolute atomic E-state index is 0.0308. The van der Waals surface area contributed by atoms with Gasteiger partial charge in [0.25, 0.3) is 11.2 Å². The van der Waals surface area contributed by atoms with Crippen LogP contribution in [0.4, 0.5) is 5.69 Å². The lowest BCUT2D eigenvalue weighted by Crippen LogP contribution is -2.22. The molecule has 0 saturated heterocycles. The Morgan fingerprint density at radius 3 is 2.52 bits per heavy atom. The maximum atomic E-state index is 13.1. The Morgan fingerprint density at radius 2 is 1.72 bits per heavy atom. The average molecular weight is 385 g/mol. The van der Waals surface area contributed by atoms with Crippen molar-refractivity contribution in [2.24, 2.45) is 0 Å². The van der Waals surface area contributed by atoms with E-state index in [4.69, 9.17) is 0 Å². The molecule has 0 aliphatic heterocycles. The van der Waals surface area contributed by atoms with E-state index in [1.54, 1.807) is 66.7 Å². The van der Waals surface area contributed by atoms with Crippen molar-refractivity contribution in [3.63, 3.8) is 0 Å². The summed E-state index contributed by atoms with van der Waals surface area (Å²) in [5.74, 6) is 0.235. The third-order valence-corrected chi connectivity index (χ3v) is 4.43. The lowest BCUT2D eigenvalue weighted by molar-refractivity contribution is -0.384. The molecule has 1 N–H and O–H groups in total. The molecule has 0 aliphatic carbocycles. The van der Waals surface area contributed by atoms with Gasteiger partial charge in [-0.2, -0.15) is 0 Å². The predicted octanol–water partition coefficient (Wildman–Crippen LogP) is 4.17. The van der Waals surface area contributed by atoms with Crippen molar-refractivity contribution in [2.45, 2.75) is 0 Å². The molecule has 4 rings (SSSR count). The van der Waals surface area contributed by atoms with E-state index in [2.05, 4.69) is 4.98 Å². The van der Waals surface area contributed by atoms with Crippen LogP contribution in [0.5, 0.6) is 5.75 Å². The number of para-hydroxylation sites is 3. The number of nitro benzene ring substituents is 1. The van der Waals surface area contributed by atoms with E-state index in [9.17, 15) is 20.0 Å². The van der Waals surface area contributed by atoms with E-state index in [0.717, 1.165) is 0 Å². The number of rotatable bonds is 4. The van der Waals surface area contributed by atoms with Crippen LogP contribution in [0.15, 0.2) is 77.6 Å². The van der Waals surface area contributed by atoms with Gasteiger partial charge in [0.15, 0.2) is 0 Å².